The minimum atomic E-state index is -3.59. The standard InChI is InChI=1S/C9H10O3S.Mn/c1-2-8-12-13(10,11)9-6-4-3-5-7-9;/h2-7H,1,8H2;. The molecule has 14 heavy (non-hydrogen) atoms. The fourth-order valence-corrected chi connectivity index (χ4v) is 1.69. The number of rotatable bonds is 4. The molecule has 0 amide bonds. The van der Waals surface area contributed by atoms with Crippen molar-refractivity contribution in [2.45, 2.75) is 4.90 Å². The molecule has 0 saturated heterocycles. The van der Waals surface area contributed by atoms with E-state index in [1.807, 2.05) is 0 Å². The summed E-state index contributed by atoms with van der Waals surface area (Å²) in [6.07, 6.45) is 1.39. The van der Waals surface area contributed by atoms with E-state index in [9.17, 15) is 8.42 Å². The second-order valence-corrected chi connectivity index (χ2v) is 3.96. The summed E-state index contributed by atoms with van der Waals surface area (Å²) < 4.78 is 27.3. The zero-order valence-corrected chi connectivity index (χ0v) is 9.39. The largest absolute Gasteiger partial charge is 0.297 e. The quantitative estimate of drug-likeness (QED) is 0.465. The van der Waals surface area contributed by atoms with Crippen LogP contribution >= 0.6 is 0 Å². The van der Waals surface area contributed by atoms with Gasteiger partial charge in [-0.1, -0.05) is 24.3 Å². The fourth-order valence-electron chi connectivity index (χ4n) is 0.793. The van der Waals surface area contributed by atoms with Crippen molar-refractivity contribution in [3.05, 3.63) is 43.0 Å². The molecule has 0 bridgehead atoms. The summed E-state index contributed by atoms with van der Waals surface area (Å²) in [7, 11) is -3.59. The summed E-state index contributed by atoms with van der Waals surface area (Å²) in [4.78, 5) is 0.164. The summed E-state index contributed by atoms with van der Waals surface area (Å²) in [5.74, 6) is 0. The van der Waals surface area contributed by atoms with Gasteiger partial charge in [0, 0.05) is 17.1 Å². The first kappa shape index (κ1) is 13.4. The molecular weight excluding hydrogens is 243 g/mol. The van der Waals surface area contributed by atoms with E-state index in [1.165, 1.54) is 18.2 Å². The smallest absolute Gasteiger partial charge is 0.262 e. The Kier molecular flexibility index (Phi) is 5.72. The molecule has 0 unspecified atom stereocenters. The predicted octanol–water partition coefficient (Wildman–Crippen LogP) is 1.58. The minimum absolute atomic E-state index is 0. The van der Waals surface area contributed by atoms with Crippen LogP contribution in [0.2, 0.25) is 0 Å². The zero-order chi connectivity index (χ0) is 9.73. The van der Waals surface area contributed by atoms with Gasteiger partial charge < -0.3 is 0 Å². The van der Waals surface area contributed by atoms with Crippen LogP contribution in [0.25, 0.3) is 0 Å². The Bertz CT molecular complexity index is 372. The molecule has 0 heterocycles. The number of benzene rings is 1. The third-order valence-corrected chi connectivity index (χ3v) is 2.67. The first-order chi connectivity index (χ1) is 6.17. The molecule has 1 aromatic rings. The molecule has 0 spiro atoms. The minimum Gasteiger partial charge on any atom is -0.262 e. The topological polar surface area (TPSA) is 43.4 Å². The van der Waals surface area contributed by atoms with Gasteiger partial charge in [-0.15, -0.1) is 6.58 Å². The molecule has 1 aromatic carbocycles. The van der Waals surface area contributed by atoms with Crippen molar-refractivity contribution in [2.75, 3.05) is 6.61 Å². The van der Waals surface area contributed by atoms with E-state index >= 15 is 0 Å². The summed E-state index contributed by atoms with van der Waals surface area (Å²) in [5.41, 5.74) is 0. The maximum atomic E-state index is 11.3. The molecule has 77 valence electrons. The van der Waals surface area contributed by atoms with Crippen molar-refractivity contribution in [1.29, 1.82) is 0 Å². The number of hydrogen-bond acceptors (Lipinski definition) is 3. The summed E-state index contributed by atoms with van der Waals surface area (Å²) in [5, 5.41) is 0. The Labute approximate surface area is 94.4 Å². The molecule has 1 radical (unpaired) electrons. The van der Waals surface area contributed by atoms with Crippen molar-refractivity contribution in [3.8, 4) is 0 Å². The van der Waals surface area contributed by atoms with E-state index in [1.54, 1.807) is 18.2 Å². The van der Waals surface area contributed by atoms with Crippen molar-refractivity contribution in [3.63, 3.8) is 0 Å². The third-order valence-electron chi connectivity index (χ3n) is 1.37. The summed E-state index contributed by atoms with van der Waals surface area (Å²) in [6.45, 7) is 3.37. The summed E-state index contributed by atoms with van der Waals surface area (Å²) in [6, 6.07) is 8.00. The predicted molar refractivity (Wildman–Crippen MR) is 49.8 cm³/mol. The number of hydrogen-bond donors (Lipinski definition) is 0. The third kappa shape index (κ3) is 3.64. The monoisotopic (exact) mass is 253 g/mol. The molecule has 0 atom stereocenters. The van der Waals surface area contributed by atoms with Crippen LogP contribution in [0, 0.1) is 0 Å². The normalized spacial score (nSPS) is 10.3. The van der Waals surface area contributed by atoms with Crippen LogP contribution in [0.3, 0.4) is 0 Å². The maximum absolute atomic E-state index is 11.3. The molecule has 0 aromatic heterocycles. The van der Waals surface area contributed by atoms with E-state index in [0.717, 1.165) is 0 Å². The van der Waals surface area contributed by atoms with Gasteiger partial charge in [0.1, 0.15) is 0 Å². The second kappa shape index (κ2) is 5.98. The molecule has 5 heteroatoms. The molecule has 1 rings (SSSR count). The molecule has 0 aliphatic carbocycles. The SMILES string of the molecule is C=CCOS(=O)(=O)c1ccccc1.[Mn]. The van der Waals surface area contributed by atoms with E-state index < -0.39 is 10.1 Å². The average Bonchev–Trinajstić information content (AvgIpc) is 2.16. The van der Waals surface area contributed by atoms with Crippen LogP contribution in [0.5, 0.6) is 0 Å². The Hall–Kier alpha value is -0.611. The van der Waals surface area contributed by atoms with Crippen LogP contribution in [0.1, 0.15) is 0 Å². The van der Waals surface area contributed by atoms with Crippen molar-refractivity contribution in [1.82, 2.24) is 0 Å². The molecular formula is C9H10MnO3S. The van der Waals surface area contributed by atoms with E-state index in [0.29, 0.717) is 0 Å². The first-order valence-electron chi connectivity index (χ1n) is 3.72. The van der Waals surface area contributed by atoms with Crippen molar-refractivity contribution in [2.24, 2.45) is 0 Å². The van der Waals surface area contributed by atoms with Gasteiger partial charge in [0.05, 0.1) is 11.5 Å². The Morgan fingerprint density at radius 3 is 2.36 bits per heavy atom. The average molecular weight is 253 g/mol. The van der Waals surface area contributed by atoms with Gasteiger partial charge in [-0.3, -0.25) is 4.18 Å². The zero-order valence-electron chi connectivity index (χ0n) is 7.39. The van der Waals surface area contributed by atoms with Crippen LogP contribution < -0.4 is 0 Å². The first-order valence-corrected chi connectivity index (χ1v) is 5.13. The fraction of sp³-hybridized carbons (Fsp3) is 0.111. The van der Waals surface area contributed by atoms with Gasteiger partial charge in [-0.25, -0.2) is 0 Å². The van der Waals surface area contributed by atoms with E-state index in [-0.39, 0.29) is 28.6 Å². The van der Waals surface area contributed by atoms with Gasteiger partial charge in [0.25, 0.3) is 10.1 Å². The Morgan fingerprint density at radius 1 is 1.29 bits per heavy atom. The summed E-state index contributed by atoms with van der Waals surface area (Å²) >= 11 is 0. The molecule has 0 aliphatic rings. The molecule has 3 nitrogen and oxygen atoms in total. The van der Waals surface area contributed by atoms with Crippen LogP contribution in [-0.4, -0.2) is 15.0 Å². The van der Waals surface area contributed by atoms with Crippen molar-refractivity contribution < 1.29 is 29.7 Å². The Morgan fingerprint density at radius 2 is 1.86 bits per heavy atom. The molecule has 0 N–H and O–H groups in total. The molecule has 0 aliphatic heterocycles. The van der Waals surface area contributed by atoms with Gasteiger partial charge in [0.15, 0.2) is 0 Å². The van der Waals surface area contributed by atoms with Crippen LogP contribution in [0.15, 0.2) is 47.9 Å². The second-order valence-electron chi connectivity index (χ2n) is 2.34. The van der Waals surface area contributed by atoms with Crippen LogP contribution in [-0.2, 0) is 31.4 Å². The van der Waals surface area contributed by atoms with Crippen LogP contribution in [0.4, 0.5) is 0 Å². The van der Waals surface area contributed by atoms with E-state index in [2.05, 4.69) is 10.8 Å². The van der Waals surface area contributed by atoms with Gasteiger partial charge in [-0.2, -0.15) is 8.42 Å². The van der Waals surface area contributed by atoms with Gasteiger partial charge >= 0.3 is 0 Å². The molecule has 0 fully saturated rings. The van der Waals surface area contributed by atoms with Gasteiger partial charge in [0.2, 0.25) is 0 Å². The van der Waals surface area contributed by atoms with Crippen molar-refractivity contribution >= 4 is 10.1 Å². The Balaban J connectivity index is 0.00000169. The molecule has 0 saturated carbocycles. The maximum Gasteiger partial charge on any atom is 0.297 e. The van der Waals surface area contributed by atoms with E-state index in [4.69, 9.17) is 0 Å². The van der Waals surface area contributed by atoms with Gasteiger partial charge in [-0.05, 0) is 12.1 Å².